The molecule has 0 spiro atoms. The largest absolute Gasteiger partial charge is 0.507 e. The van der Waals surface area contributed by atoms with Gasteiger partial charge in [0.1, 0.15) is 17.1 Å². The molecule has 0 bridgehead atoms. The van der Waals surface area contributed by atoms with E-state index in [-0.39, 0.29) is 23.1 Å². The SMILES string of the molecule is NCCCC(CCC(=O)c1ccc(O)c(C=O)c1)NCc1ccc(-n2c(-c3cccnc3N)nc3ccc(-c4ccccc4)nc32)cc1. The molecule has 0 saturated heterocycles. The predicted molar refractivity (Wildman–Crippen MR) is 188 cm³/mol. The van der Waals surface area contributed by atoms with Gasteiger partial charge in [0, 0.05) is 42.0 Å². The van der Waals surface area contributed by atoms with E-state index in [4.69, 9.17) is 21.4 Å². The molecule has 6 N–H and O–H groups in total. The number of anilines is 1. The predicted octanol–water partition coefficient (Wildman–Crippen LogP) is 6.11. The van der Waals surface area contributed by atoms with Gasteiger partial charge in [0.25, 0.3) is 0 Å². The van der Waals surface area contributed by atoms with E-state index < -0.39 is 0 Å². The highest BCUT2D eigenvalue weighted by Crippen LogP contribution is 2.32. The Hall–Kier alpha value is -5.71. The molecule has 0 radical (unpaired) electrons. The summed E-state index contributed by atoms with van der Waals surface area (Å²) in [5.74, 6) is 0.819. The van der Waals surface area contributed by atoms with Crippen LogP contribution in [0.2, 0.25) is 0 Å². The van der Waals surface area contributed by atoms with Gasteiger partial charge < -0.3 is 21.9 Å². The zero-order valence-electron chi connectivity index (χ0n) is 26.4. The van der Waals surface area contributed by atoms with E-state index in [1.807, 2.05) is 71.3 Å². The van der Waals surface area contributed by atoms with Crippen LogP contribution in [0.5, 0.6) is 5.75 Å². The molecule has 6 aromatic rings. The van der Waals surface area contributed by atoms with Gasteiger partial charge in [-0.15, -0.1) is 0 Å². The number of imidazole rings is 1. The number of fused-ring (bicyclic) bond motifs is 1. The van der Waals surface area contributed by atoms with Crippen LogP contribution < -0.4 is 16.8 Å². The Labute approximate surface area is 278 Å². The fourth-order valence-corrected chi connectivity index (χ4v) is 5.77. The smallest absolute Gasteiger partial charge is 0.165 e. The van der Waals surface area contributed by atoms with Crippen molar-refractivity contribution < 1.29 is 14.7 Å². The summed E-state index contributed by atoms with van der Waals surface area (Å²) in [5, 5.41) is 13.4. The van der Waals surface area contributed by atoms with Crippen molar-refractivity contribution >= 4 is 29.1 Å². The van der Waals surface area contributed by atoms with Crippen molar-refractivity contribution in [2.24, 2.45) is 5.73 Å². The van der Waals surface area contributed by atoms with Gasteiger partial charge in [0.05, 0.1) is 16.8 Å². The normalized spacial score (nSPS) is 11.9. The number of Topliss-reactive ketones (excluding diaryl/α,β-unsaturated/α-hetero) is 1. The Kier molecular flexibility index (Phi) is 9.94. The van der Waals surface area contributed by atoms with E-state index in [0.29, 0.717) is 55.1 Å². The van der Waals surface area contributed by atoms with Crippen LogP contribution in [0, 0.1) is 0 Å². The average Bonchev–Trinajstić information content (AvgIpc) is 3.50. The van der Waals surface area contributed by atoms with Crippen LogP contribution >= 0.6 is 0 Å². The summed E-state index contributed by atoms with van der Waals surface area (Å²) in [5.41, 5.74) is 18.6. The maximum atomic E-state index is 12.9. The lowest BCUT2D eigenvalue weighted by Gasteiger charge is -2.19. The minimum atomic E-state index is -0.137. The first-order valence-corrected chi connectivity index (χ1v) is 15.9. The molecule has 0 fully saturated rings. The molecule has 48 heavy (non-hydrogen) atoms. The highest BCUT2D eigenvalue weighted by atomic mass is 16.3. The molecular weight excluding hydrogens is 602 g/mol. The van der Waals surface area contributed by atoms with E-state index >= 15 is 0 Å². The number of phenols is 1. The summed E-state index contributed by atoms with van der Waals surface area (Å²) in [4.78, 5) is 38.4. The number of hydrogen-bond acceptors (Lipinski definition) is 9. The quantitative estimate of drug-likeness (QED) is 0.0814. The van der Waals surface area contributed by atoms with Crippen molar-refractivity contribution in [3.63, 3.8) is 0 Å². The summed E-state index contributed by atoms with van der Waals surface area (Å²) < 4.78 is 2.02. The van der Waals surface area contributed by atoms with Crippen LogP contribution in [0.4, 0.5) is 5.82 Å². The Bertz CT molecular complexity index is 2040. The number of aromatic hydroxyl groups is 1. The van der Waals surface area contributed by atoms with Crippen LogP contribution in [0.25, 0.3) is 39.5 Å². The number of aromatic nitrogens is 4. The van der Waals surface area contributed by atoms with Crippen molar-refractivity contribution in [2.45, 2.75) is 38.3 Å². The zero-order valence-corrected chi connectivity index (χ0v) is 26.4. The van der Waals surface area contributed by atoms with E-state index in [1.165, 1.54) is 12.1 Å². The van der Waals surface area contributed by atoms with Gasteiger partial charge in [-0.2, -0.15) is 0 Å². The lowest BCUT2D eigenvalue weighted by atomic mass is 9.99. The molecule has 242 valence electrons. The van der Waals surface area contributed by atoms with Crippen LogP contribution in [0.15, 0.2) is 103 Å². The third-order valence-electron chi connectivity index (χ3n) is 8.40. The summed E-state index contributed by atoms with van der Waals surface area (Å²) in [6.45, 7) is 1.16. The maximum absolute atomic E-state index is 12.9. The van der Waals surface area contributed by atoms with Crippen molar-refractivity contribution in [3.05, 3.63) is 120 Å². The fraction of sp³-hybridized carbons (Fsp3) is 0.184. The van der Waals surface area contributed by atoms with Gasteiger partial charge in [0.15, 0.2) is 23.5 Å². The summed E-state index contributed by atoms with van der Waals surface area (Å²) in [7, 11) is 0. The van der Waals surface area contributed by atoms with Crippen LogP contribution in [-0.2, 0) is 6.54 Å². The fourth-order valence-electron chi connectivity index (χ4n) is 5.77. The topological polar surface area (TPSA) is 162 Å². The van der Waals surface area contributed by atoms with Gasteiger partial charge in [0.2, 0.25) is 0 Å². The highest BCUT2D eigenvalue weighted by Gasteiger charge is 2.19. The lowest BCUT2D eigenvalue weighted by molar-refractivity contribution is 0.0975. The molecule has 10 heteroatoms. The van der Waals surface area contributed by atoms with Crippen LogP contribution in [0.3, 0.4) is 0 Å². The average molecular weight is 640 g/mol. The zero-order chi connectivity index (χ0) is 33.5. The molecule has 0 aliphatic rings. The number of benzene rings is 3. The molecule has 0 aliphatic heterocycles. The Morgan fingerprint density at radius 1 is 0.938 bits per heavy atom. The summed E-state index contributed by atoms with van der Waals surface area (Å²) in [6.07, 6.45) is 4.77. The van der Waals surface area contributed by atoms with Gasteiger partial charge >= 0.3 is 0 Å². The van der Waals surface area contributed by atoms with Gasteiger partial charge in [-0.25, -0.2) is 15.0 Å². The third-order valence-corrected chi connectivity index (χ3v) is 8.40. The number of nitrogen functional groups attached to an aromatic ring is 1. The first-order chi connectivity index (χ1) is 23.4. The number of rotatable bonds is 14. The van der Waals surface area contributed by atoms with Crippen molar-refractivity contribution in [3.8, 4) is 34.1 Å². The number of nitrogens with two attached hydrogens (primary N) is 2. The number of nitrogens with zero attached hydrogens (tertiary/aromatic N) is 4. The summed E-state index contributed by atoms with van der Waals surface area (Å²) in [6, 6.07) is 30.4. The number of aldehydes is 1. The minimum absolute atomic E-state index is 0.0678. The number of carbonyl (C=O) groups is 2. The Balaban J connectivity index is 1.23. The van der Waals surface area contributed by atoms with E-state index in [0.717, 1.165) is 46.4 Å². The molecule has 1 unspecified atom stereocenters. The molecule has 0 saturated carbocycles. The van der Waals surface area contributed by atoms with E-state index in [1.54, 1.807) is 12.3 Å². The first kappa shape index (κ1) is 32.2. The van der Waals surface area contributed by atoms with Crippen LogP contribution in [-0.4, -0.2) is 49.3 Å². The molecule has 1 atom stereocenters. The molecular formula is C38H37N7O3. The van der Waals surface area contributed by atoms with Gasteiger partial charge in [-0.05, 0) is 86.0 Å². The number of hydrogen-bond donors (Lipinski definition) is 4. The second kappa shape index (κ2) is 14.8. The van der Waals surface area contributed by atoms with E-state index in [9.17, 15) is 14.7 Å². The molecule has 3 heterocycles. The Morgan fingerprint density at radius 2 is 1.75 bits per heavy atom. The molecule has 10 nitrogen and oxygen atoms in total. The standard InChI is InChI=1S/C38H37N7O3/c39-20-4-8-29(13-19-34(47)27-12-18-35(48)28(22-27)24-46)42-23-25-10-14-30(15-11-25)45-37(31-9-5-21-41-36(31)40)44-33-17-16-32(43-38(33)45)26-6-2-1-3-7-26/h1-3,5-7,9-12,14-18,21-22,24,29,42,48H,4,8,13,19-20,23,39H2,(H2,40,41). The number of nitrogens with one attached hydrogen (secondary N) is 1. The first-order valence-electron chi connectivity index (χ1n) is 15.9. The van der Waals surface area contributed by atoms with Crippen molar-refractivity contribution in [1.82, 2.24) is 24.8 Å². The molecule has 3 aromatic carbocycles. The molecule has 0 aliphatic carbocycles. The van der Waals surface area contributed by atoms with Gasteiger partial charge in [-0.3, -0.25) is 14.2 Å². The maximum Gasteiger partial charge on any atom is 0.165 e. The monoisotopic (exact) mass is 639 g/mol. The van der Waals surface area contributed by atoms with Crippen molar-refractivity contribution in [1.29, 1.82) is 0 Å². The number of phenolic OH excluding ortho intramolecular Hbond substituents is 1. The molecule has 6 rings (SSSR count). The highest BCUT2D eigenvalue weighted by molar-refractivity contribution is 5.98. The third kappa shape index (κ3) is 7.15. The minimum Gasteiger partial charge on any atom is -0.507 e. The number of pyridine rings is 2. The van der Waals surface area contributed by atoms with Gasteiger partial charge in [-0.1, -0.05) is 42.5 Å². The summed E-state index contributed by atoms with van der Waals surface area (Å²) >= 11 is 0. The van der Waals surface area contributed by atoms with Crippen molar-refractivity contribution in [2.75, 3.05) is 12.3 Å². The van der Waals surface area contributed by atoms with E-state index in [2.05, 4.69) is 22.4 Å². The Morgan fingerprint density at radius 3 is 2.50 bits per heavy atom. The second-order valence-electron chi connectivity index (χ2n) is 11.6. The number of carbonyl (C=O) groups excluding carboxylic acids is 2. The lowest BCUT2D eigenvalue weighted by Crippen LogP contribution is -2.30. The second-order valence-corrected chi connectivity index (χ2v) is 11.6. The molecule has 0 amide bonds. The number of ketones is 1. The molecule has 3 aromatic heterocycles. The van der Waals surface area contributed by atoms with Crippen LogP contribution in [0.1, 0.15) is 52.0 Å².